The Kier molecular flexibility index (Phi) is 5.53. The number of carbonyl (C=O) groups excluding carboxylic acids is 2. The topological polar surface area (TPSA) is 49.4 Å². The van der Waals surface area contributed by atoms with Gasteiger partial charge in [-0.15, -0.1) is 11.3 Å². The Morgan fingerprint density at radius 2 is 1.88 bits per heavy atom. The molecule has 1 aliphatic heterocycles. The zero-order chi connectivity index (χ0) is 17.8. The second-order valence-electron chi connectivity index (χ2n) is 6.59. The van der Waals surface area contributed by atoms with Crippen molar-refractivity contribution in [3.8, 4) is 0 Å². The molecular weight excluding hydrogens is 332 g/mol. The van der Waals surface area contributed by atoms with Crippen molar-refractivity contribution in [2.45, 2.75) is 32.7 Å². The van der Waals surface area contributed by atoms with E-state index in [-0.39, 0.29) is 23.8 Å². The maximum Gasteiger partial charge on any atom is 0.224 e. The third-order valence-electron chi connectivity index (χ3n) is 4.92. The molecule has 1 fully saturated rings. The quantitative estimate of drug-likeness (QED) is 0.911. The summed E-state index contributed by atoms with van der Waals surface area (Å²) in [5.41, 5.74) is 2.31. The largest absolute Gasteiger partial charge is 0.344 e. The minimum Gasteiger partial charge on any atom is -0.344 e. The van der Waals surface area contributed by atoms with E-state index < -0.39 is 0 Å². The molecule has 0 unspecified atom stereocenters. The second-order valence-corrected chi connectivity index (χ2v) is 7.57. The maximum absolute atomic E-state index is 12.9. The van der Waals surface area contributed by atoms with Gasteiger partial charge >= 0.3 is 0 Å². The van der Waals surface area contributed by atoms with E-state index in [0.717, 1.165) is 23.3 Å². The number of nitrogens with one attached hydrogen (secondary N) is 1. The van der Waals surface area contributed by atoms with E-state index in [1.54, 1.807) is 18.3 Å². The van der Waals surface area contributed by atoms with Crippen molar-refractivity contribution in [2.75, 3.05) is 13.1 Å². The van der Waals surface area contributed by atoms with Crippen LogP contribution in [-0.2, 0) is 9.59 Å². The smallest absolute Gasteiger partial charge is 0.224 e. The highest BCUT2D eigenvalue weighted by Gasteiger charge is 2.28. The lowest BCUT2D eigenvalue weighted by Gasteiger charge is -2.31. The van der Waals surface area contributed by atoms with Crippen molar-refractivity contribution in [1.82, 2.24) is 10.2 Å². The van der Waals surface area contributed by atoms with Crippen LogP contribution in [0.1, 0.15) is 41.8 Å². The Labute approximate surface area is 152 Å². The molecule has 5 heteroatoms. The first-order valence-electron chi connectivity index (χ1n) is 8.71. The third kappa shape index (κ3) is 4.10. The molecule has 2 heterocycles. The zero-order valence-electron chi connectivity index (χ0n) is 14.7. The minimum absolute atomic E-state index is 0.0259. The number of carbonyl (C=O) groups is 2. The molecule has 1 aromatic carbocycles. The summed E-state index contributed by atoms with van der Waals surface area (Å²) < 4.78 is 0. The van der Waals surface area contributed by atoms with Gasteiger partial charge in [-0.05, 0) is 42.3 Å². The van der Waals surface area contributed by atoms with E-state index in [1.807, 2.05) is 28.5 Å². The van der Waals surface area contributed by atoms with Gasteiger partial charge in [0.15, 0.2) is 0 Å². The van der Waals surface area contributed by atoms with Crippen molar-refractivity contribution in [3.05, 3.63) is 57.8 Å². The van der Waals surface area contributed by atoms with E-state index in [2.05, 4.69) is 30.4 Å². The lowest BCUT2D eigenvalue weighted by molar-refractivity contribution is -0.134. The standard InChI is InChI=1S/C20H24N2O2S/c1-14-6-3-4-7-17(14)19(18-8-5-13-25-18)21-20(24)16-9-11-22(12-10-16)15(2)23/h3-8,13,16,19H,9-12H2,1-2H3,(H,21,24)/t19-/m1/s1. The van der Waals surface area contributed by atoms with Crippen molar-refractivity contribution < 1.29 is 9.59 Å². The van der Waals surface area contributed by atoms with Crippen LogP contribution < -0.4 is 5.32 Å². The van der Waals surface area contributed by atoms with E-state index in [1.165, 1.54) is 5.56 Å². The predicted octanol–water partition coefficient (Wildman–Crippen LogP) is 3.52. The fourth-order valence-corrected chi connectivity index (χ4v) is 4.18. The zero-order valence-corrected chi connectivity index (χ0v) is 15.5. The molecule has 1 atom stereocenters. The highest BCUT2D eigenvalue weighted by atomic mass is 32.1. The monoisotopic (exact) mass is 356 g/mol. The van der Waals surface area contributed by atoms with Gasteiger partial charge in [0.25, 0.3) is 0 Å². The number of benzene rings is 1. The van der Waals surface area contributed by atoms with E-state index in [9.17, 15) is 9.59 Å². The summed E-state index contributed by atoms with van der Waals surface area (Å²) in [6.45, 7) is 5.00. The molecule has 0 aliphatic carbocycles. The number of nitrogens with zero attached hydrogens (tertiary/aromatic N) is 1. The maximum atomic E-state index is 12.9. The van der Waals surface area contributed by atoms with Gasteiger partial charge in [-0.1, -0.05) is 30.3 Å². The van der Waals surface area contributed by atoms with Crippen LogP contribution in [0.4, 0.5) is 0 Å². The van der Waals surface area contributed by atoms with E-state index in [4.69, 9.17) is 0 Å². The SMILES string of the molecule is CC(=O)N1CCC(C(=O)N[C@@H](c2cccs2)c2ccccc2C)CC1. The van der Waals surface area contributed by atoms with Crippen LogP contribution in [0.2, 0.25) is 0 Å². The molecule has 25 heavy (non-hydrogen) atoms. The van der Waals surface area contributed by atoms with Crippen LogP contribution in [0, 0.1) is 12.8 Å². The third-order valence-corrected chi connectivity index (χ3v) is 5.86. The van der Waals surface area contributed by atoms with Gasteiger partial charge in [-0.2, -0.15) is 0 Å². The van der Waals surface area contributed by atoms with Crippen LogP contribution in [0.15, 0.2) is 41.8 Å². The minimum atomic E-state index is -0.112. The van der Waals surface area contributed by atoms with Crippen LogP contribution in [0.3, 0.4) is 0 Å². The molecule has 1 N–H and O–H groups in total. The lowest BCUT2D eigenvalue weighted by Crippen LogP contribution is -2.43. The number of hydrogen-bond donors (Lipinski definition) is 1. The summed E-state index contributed by atoms with van der Waals surface area (Å²) in [5, 5.41) is 5.30. The highest BCUT2D eigenvalue weighted by Crippen LogP contribution is 2.29. The number of piperidine rings is 1. The molecule has 1 aromatic heterocycles. The van der Waals surface area contributed by atoms with Crippen LogP contribution in [-0.4, -0.2) is 29.8 Å². The second kappa shape index (κ2) is 7.83. The molecule has 132 valence electrons. The van der Waals surface area contributed by atoms with Gasteiger partial charge in [-0.25, -0.2) is 0 Å². The van der Waals surface area contributed by atoms with Crippen LogP contribution in [0.25, 0.3) is 0 Å². The van der Waals surface area contributed by atoms with Gasteiger partial charge in [0.1, 0.15) is 0 Å². The van der Waals surface area contributed by atoms with Crippen molar-refractivity contribution in [2.24, 2.45) is 5.92 Å². The first-order chi connectivity index (χ1) is 12.1. The molecule has 1 aliphatic rings. The van der Waals surface area contributed by atoms with Crippen molar-refractivity contribution in [3.63, 3.8) is 0 Å². The van der Waals surface area contributed by atoms with Crippen molar-refractivity contribution in [1.29, 1.82) is 0 Å². The normalized spacial score (nSPS) is 16.5. The van der Waals surface area contributed by atoms with Gasteiger partial charge in [-0.3, -0.25) is 9.59 Å². The van der Waals surface area contributed by atoms with Crippen LogP contribution >= 0.6 is 11.3 Å². The number of aryl methyl sites for hydroxylation is 1. The Hall–Kier alpha value is -2.14. The van der Waals surface area contributed by atoms with E-state index >= 15 is 0 Å². The molecule has 4 nitrogen and oxygen atoms in total. The van der Waals surface area contributed by atoms with Gasteiger partial charge in [0.05, 0.1) is 6.04 Å². The highest BCUT2D eigenvalue weighted by molar-refractivity contribution is 7.10. The first-order valence-corrected chi connectivity index (χ1v) is 9.59. The Morgan fingerprint density at radius 1 is 1.16 bits per heavy atom. The number of likely N-dealkylation sites (tertiary alicyclic amines) is 1. The number of thiophene rings is 1. The first kappa shape index (κ1) is 17.7. The average Bonchev–Trinajstić information content (AvgIpc) is 3.14. The summed E-state index contributed by atoms with van der Waals surface area (Å²) in [5.74, 6) is 0.155. The number of rotatable bonds is 4. The Morgan fingerprint density at radius 3 is 2.48 bits per heavy atom. The molecular formula is C20H24N2O2S. The number of amides is 2. The number of hydrogen-bond acceptors (Lipinski definition) is 3. The molecule has 2 amide bonds. The van der Waals surface area contributed by atoms with Crippen LogP contribution in [0.5, 0.6) is 0 Å². The van der Waals surface area contributed by atoms with Gasteiger partial charge < -0.3 is 10.2 Å². The van der Waals surface area contributed by atoms with E-state index in [0.29, 0.717) is 13.1 Å². The average molecular weight is 356 g/mol. The Bertz CT molecular complexity index is 734. The fraction of sp³-hybridized carbons (Fsp3) is 0.400. The lowest BCUT2D eigenvalue weighted by atomic mass is 9.94. The molecule has 0 bridgehead atoms. The molecule has 1 saturated heterocycles. The summed E-state index contributed by atoms with van der Waals surface area (Å²) in [4.78, 5) is 27.3. The van der Waals surface area contributed by atoms with Gasteiger partial charge in [0.2, 0.25) is 11.8 Å². The molecule has 0 radical (unpaired) electrons. The summed E-state index contributed by atoms with van der Waals surface area (Å²) in [7, 11) is 0. The molecule has 0 saturated carbocycles. The molecule has 3 rings (SSSR count). The fourth-order valence-electron chi connectivity index (χ4n) is 3.39. The van der Waals surface area contributed by atoms with Crippen molar-refractivity contribution >= 4 is 23.2 Å². The Balaban J connectivity index is 1.74. The molecule has 2 aromatic rings. The summed E-state index contributed by atoms with van der Waals surface area (Å²) in [6.07, 6.45) is 1.46. The van der Waals surface area contributed by atoms with Gasteiger partial charge in [0, 0.05) is 30.8 Å². The summed E-state index contributed by atoms with van der Waals surface area (Å²) >= 11 is 1.66. The predicted molar refractivity (Wildman–Crippen MR) is 100 cm³/mol. The summed E-state index contributed by atoms with van der Waals surface area (Å²) in [6, 6.07) is 12.2. The molecule has 0 spiro atoms.